The quantitative estimate of drug-likeness (QED) is 0.0398. The number of hydrogen-bond acceptors (Lipinski definition) is 6. The standard InChI is InChI=1S/C35H73N2O6P/c1-3-5-7-9-11-13-15-16-17-19-21-23-25-27-29-35(39)37-33(32-43-44(40,41)42-31-30-36)34(38)28-26-24-22-20-18-14-12-10-8-6-4-2/h33-34,38H,3-32,36H2,1-2H3,(H,37,39)(H,40,41). The average molecular weight is 649 g/mol. The monoisotopic (exact) mass is 649 g/mol. The Morgan fingerprint density at radius 2 is 1.05 bits per heavy atom. The number of rotatable bonds is 35. The summed E-state index contributed by atoms with van der Waals surface area (Å²) < 4.78 is 22.0. The normalized spacial score (nSPS) is 14.4. The summed E-state index contributed by atoms with van der Waals surface area (Å²) in [5, 5.41) is 13.7. The van der Waals surface area contributed by atoms with Gasteiger partial charge in [0, 0.05) is 13.0 Å². The van der Waals surface area contributed by atoms with Crippen molar-refractivity contribution in [3.8, 4) is 0 Å². The number of amides is 1. The van der Waals surface area contributed by atoms with Gasteiger partial charge in [-0.1, -0.05) is 168 Å². The molecule has 0 aromatic heterocycles. The van der Waals surface area contributed by atoms with Crippen molar-refractivity contribution in [1.82, 2.24) is 5.32 Å². The molecule has 0 bridgehead atoms. The van der Waals surface area contributed by atoms with Crippen molar-refractivity contribution >= 4 is 13.7 Å². The SMILES string of the molecule is CCCCCCCCCCCCCCCCC(=O)NC(COP(=O)(O)OCCN)C(O)CCCCCCCCCCCCC. The van der Waals surface area contributed by atoms with Crippen molar-refractivity contribution in [2.45, 2.75) is 199 Å². The van der Waals surface area contributed by atoms with E-state index in [2.05, 4.69) is 19.2 Å². The molecule has 44 heavy (non-hydrogen) atoms. The van der Waals surface area contributed by atoms with Crippen LogP contribution in [-0.2, 0) is 18.4 Å². The summed E-state index contributed by atoms with van der Waals surface area (Å²) in [6.45, 7) is 4.20. The van der Waals surface area contributed by atoms with E-state index in [1.165, 1.54) is 122 Å². The maximum absolute atomic E-state index is 12.7. The molecule has 0 heterocycles. The Bertz CT molecular complexity index is 669. The maximum atomic E-state index is 12.7. The molecule has 264 valence electrons. The van der Waals surface area contributed by atoms with E-state index in [-0.39, 0.29) is 25.7 Å². The minimum absolute atomic E-state index is 0.0920. The number of carbonyl (C=O) groups excluding carboxylic acids is 1. The van der Waals surface area contributed by atoms with Gasteiger partial charge in [-0.2, -0.15) is 0 Å². The number of unbranched alkanes of at least 4 members (excludes halogenated alkanes) is 23. The zero-order valence-electron chi connectivity index (χ0n) is 28.9. The van der Waals surface area contributed by atoms with Gasteiger partial charge in [-0.05, 0) is 12.8 Å². The van der Waals surface area contributed by atoms with Crippen LogP contribution in [0.2, 0.25) is 0 Å². The molecular weight excluding hydrogens is 575 g/mol. The van der Waals surface area contributed by atoms with E-state index >= 15 is 0 Å². The molecule has 0 rings (SSSR count). The Morgan fingerprint density at radius 3 is 1.45 bits per heavy atom. The van der Waals surface area contributed by atoms with Gasteiger partial charge in [-0.3, -0.25) is 13.8 Å². The molecule has 9 heteroatoms. The fourth-order valence-corrected chi connectivity index (χ4v) is 6.37. The smallest absolute Gasteiger partial charge is 0.391 e. The Kier molecular flexibility index (Phi) is 32.1. The molecule has 0 aliphatic heterocycles. The molecule has 8 nitrogen and oxygen atoms in total. The second-order valence-corrected chi connectivity index (χ2v) is 14.3. The number of phosphoric ester groups is 1. The largest absolute Gasteiger partial charge is 0.472 e. The van der Waals surface area contributed by atoms with E-state index < -0.39 is 20.0 Å². The third-order valence-corrected chi connectivity index (χ3v) is 9.45. The van der Waals surface area contributed by atoms with Crippen LogP contribution in [0.4, 0.5) is 0 Å². The highest BCUT2D eigenvalue weighted by molar-refractivity contribution is 7.47. The molecule has 0 radical (unpaired) electrons. The van der Waals surface area contributed by atoms with Crippen LogP contribution in [0.15, 0.2) is 0 Å². The van der Waals surface area contributed by atoms with E-state index in [0.29, 0.717) is 12.8 Å². The summed E-state index contributed by atoms with van der Waals surface area (Å²) in [5.74, 6) is -0.161. The zero-order valence-corrected chi connectivity index (χ0v) is 29.8. The lowest BCUT2D eigenvalue weighted by Crippen LogP contribution is -2.46. The van der Waals surface area contributed by atoms with Gasteiger partial charge in [0.25, 0.3) is 0 Å². The highest BCUT2D eigenvalue weighted by atomic mass is 31.2. The molecule has 0 spiro atoms. The number of phosphoric acid groups is 1. The molecule has 5 N–H and O–H groups in total. The second-order valence-electron chi connectivity index (χ2n) is 12.8. The third kappa shape index (κ3) is 30.2. The van der Waals surface area contributed by atoms with Gasteiger partial charge >= 0.3 is 7.82 Å². The number of nitrogens with one attached hydrogen (secondary N) is 1. The van der Waals surface area contributed by atoms with E-state index in [9.17, 15) is 19.4 Å². The van der Waals surface area contributed by atoms with Gasteiger partial charge < -0.3 is 21.1 Å². The van der Waals surface area contributed by atoms with Crippen molar-refractivity contribution in [2.24, 2.45) is 5.73 Å². The molecule has 3 atom stereocenters. The van der Waals surface area contributed by atoms with Crippen LogP contribution in [0.3, 0.4) is 0 Å². The molecule has 0 aliphatic carbocycles. The molecule has 0 saturated heterocycles. The topological polar surface area (TPSA) is 131 Å². The number of aliphatic hydroxyl groups is 1. The first-order valence-electron chi connectivity index (χ1n) is 18.7. The molecular formula is C35H73N2O6P. The summed E-state index contributed by atoms with van der Waals surface area (Å²) >= 11 is 0. The van der Waals surface area contributed by atoms with Crippen LogP contribution >= 0.6 is 7.82 Å². The summed E-state index contributed by atoms with van der Waals surface area (Å²) in [6, 6.07) is -0.765. The lowest BCUT2D eigenvalue weighted by atomic mass is 10.0. The predicted molar refractivity (Wildman–Crippen MR) is 185 cm³/mol. The van der Waals surface area contributed by atoms with Crippen LogP contribution in [-0.4, -0.2) is 47.8 Å². The average Bonchev–Trinajstić information content (AvgIpc) is 3.01. The van der Waals surface area contributed by atoms with Gasteiger partial charge in [0.15, 0.2) is 0 Å². The molecule has 1 amide bonds. The number of aliphatic hydroxyl groups excluding tert-OH is 1. The number of hydrogen-bond donors (Lipinski definition) is 4. The lowest BCUT2D eigenvalue weighted by Gasteiger charge is -2.25. The summed E-state index contributed by atoms with van der Waals surface area (Å²) in [6.07, 6.45) is 31.0. The van der Waals surface area contributed by atoms with E-state index in [1.807, 2.05) is 0 Å². The van der Waals surface area contributed by atoms with Crippen LogP contribution in [0.25, 0.3) is 0 Å². The van der Waals surface area contributed by atoms with Crippen LogP contribution in [0, 0.1) is 0 Å². The van der Waals surface area contributed by atoms with Crippen molar-refractivity contribution < 1.29 is 28.4 Å². The Morgan fingerprint density at radius 1 is 0.659 bits per heavy atom. The van der Waals surface area contributed by atoms with E-state index in [1.54, 1.807) is 0 Å². The first-order chi connectivity index (χ1) is 21.4. The van der Waals surface area contributed by atoms with Crippen molar-refractivity contribution in [2.75, 3.05) is 19.8 Å². The summed E-state index contributed by atoms with van der Waals surface area (Å²) in [4.78, 5) is 22.6. The van der Waals surface area contributed by atoms with E-state index in [0.717, 1.165) is 38.5 Å². The van der Waals surface area contributed by atoms with Crippen molar-refractivity contribution in [1.29, 1.82) is 0 Å². The molecule has 0 aromatic rings. The molecule has 0 aromatic carbocycles. The van der Waals surface area contributed by atoms with Gasteiger partial charge in [-0.25, -0.2) is 4.57 Å². The molecule has 0 saturated carbocycles. The number of carbonyl (C=O) groups is 1. The Balaban J connectivity index is 4.22. The maximum Gasteiger partial charge on any atom is 0.472 e. The highest BCUT2D eigenvalue weighted by Crippen LogP contribution is 2.43. The lowest BCUT2D eigenvalue weighted by molar-refractivity contribution is -0.123. The van der Waals surface area contributed by atoms with Gasteiger partial charge in [0.05, 0.1) is 25.4 Å². The van der Waals surface area contributed by atoms with Gasteiger partial charge in [0.2, 0.25) is 5.91 Å². The Hall–Kier alpha value is -0.500. The summed E-state index contributed by atoms with van der Waals surface area (Å²) in [5.41, 5.74) is 5.35. The van der Waals surface area contributed by atoms with Crippen LogP contribution in [0.5, 0.6) is 0 Å². The fraction of sp³-hybridized carbons (Fsp3) is 0.971. The third-order valence-electron chi connectivity index (χ3n) is 8.46. The van der Waals surface area contributed by atoms with Gasteiger partial charge in [0.1, 0.15) is 0 Å². The first kappa shape index (κ1) is 43.5. The van der Waals surface area contributed by atoms with Crippen LogP contribution < -0.4 is 11.1 Å². The van der Waals surface area contributed by atoms with Crippen LogP contribution in [0.1, 0.15) is 187 Å². The zero-order chi connectivity index (χ0) is 32.6. The fourth-order valence-electron chi connectivity index (χ4n) is 5.61. The number of nitrogens with two attached hydrogens (primary N) is 1. The van der Waals surface area contributed by atoms with Crippen molar-refractivity contribution in [3.63, 3.8) is 0 Å². The Labute approximate surface area is 272 Å². The molecule has 0 aliphatic rings. The first-order valence-corrected chi connectivity index (χ1v) is 20.1. The molecule has 3 unspecified atom stereocenters. The second kappa shape index (κ2) is 32.4. The van der Waals surface area contributed by atoms with Crippen molar-refractivity contribution in [3.05, 3.63) is 0 Å². The minimum atomic E-state index is -4.30. The van der Waals surface area contributed by atoms with E-state index in [4.69, 9.17) is 14.8 Å². The highest BCUT2D eigenvalue weighted by Gasteiger charge is 2.27. The van der Waals surface area contributed by atoms with Gasteiger partial charge in [-0.15, -0.1) is 0 Å². The summed E-state index contributed by atoms with van der Waals surface area (Å²) in [7, 11) is -4.30. The molecule has 0 fully saturated rings. The predicted octanol–water partition coefficient (Wildman–Crippen LogP) is 9.50. The minimum Gasteiger partial charge on any atom is -0.391 e.